The zero-order valence-electron chi connectivity index (χ0n) is 8.62. The average molecular weight is 207 g/mol. The van der Waals surface area contributed by atoms with E-state index in [1.165, 1.54) is 16.9 Å². The van der Waals surface area contributed by atoms with Crippen LogP contribution in [0.2, 0.25) is 0 Å². The summed E-state index contributed by atoms with van der Waals surface area (Å²) < 4.78 is 0. The molecule has 2 N–H and O–H groups in total. The van der Waals surface area contributed by atoms with E-state index in [2.05, 4.69) is 25.1 Å². The van der Waals surface area contributed by atoms with Crippen molar-refractivity contribution in [2.45, 2.75) is 36.3 Å². The first-order chi connectivity index (χ1) is 6.81. The van der Waals surface area contributed by atoms with Crippen LogP contribution in [-0.4, -0.2) is 11.8 Å². The monoisotopic (exact) mass is 207 g/mol. The lowest BCUT2D eigenvalue weighted by molar-refractivity contribution is 0.813. The molecule has 0 saturated carbocycles. The van der Waals surface area contributed by atoms with Gasteiger partial charge in [-0.1, -0.05) is 19.1 Å². The first-order valence-electron chi connectivity index (χ1n) is 5.28. The number of hydrogen-bond donors (Lipinski definition) is 1. The highest BCUT2D eigenvalue weighted by Crippen LogP contribution is 2.38. The van der Waals surface area contributed by atoms with Crippen molar-refractivity contribution >= 4 is 11.8 Å². The van der Waals surface area contributed by atoms with E-state index in [-0.39, 0.29) is 0 Å². The fourth-order valence-corrected chi connectivity index (χ4v) is 3.22. The van der Waals surface area contributed by atoms with Gasteiger partial charge in [0, 0.05) is 10.1 Å². The second-order valence-corrected chi connectivity index (χ2v) is 5.40. The molecule has 0 amide bonds. The number of aryl methyl sites for hydroxylation is 1. The van der Waals surface area contributed by atoms with Gasteiger partial charge in [-0.3, -0.25) is 0 Å². The van der Waals surface area contributed by atoms with Gasteiger partial charge in [0.1, 0.15) is 0 Å². The predicted octanol–water partition coefficient (Wildman–Crippen LogP) is 2.61. The van der Waals surface area contributed by atoms with E-state index in [9.17, 15) is 0 Å². The van der Waals surface area contributed by atoms with Gasteiger partial charge in [-0.25, -0.2) is 0 Å². The van der Waals surface area contributed by atoms with Crippen LogP contribution in [0.5, 0.6) is 0 Å². The van der Waals surface area contributed by atoms with Gasteiger partial charge >= 0.3 is 0 Å². The minimum absolute atomic E-state index is 0.754. The van der Waals surface area contributed by atoms with Crippen LogP contribution in [-0.2, 0) is 12.8 Å². The molecule has 1 heterocycles. The Bertz CT molecular complexity index is 322. The fourth-order valence-electron chi connectivity index (χ4n) is 2.03. The van der Waals surface area contributed by atoms with Crippen molar-refractivity contribution in [2.75, 3.05) is 6.54 Å². The Morgan fingerprint density at radius 2 is 2.36 bits per heavy atom. The zero-order chi connectivity index (χ0) is 9.97. The lowest BCUT2D eigenvalue weighted by Gasteiger charge is -2.06. The average Bonchev–Trinajstić information content (AvgIpc) is 2.55. The lowest BCUT2D eigenvalue weighted by Crippen LogP contribution is -2.02. The third kappa shape index (κ3) is 1.96. The van der Waals surface area contributed by atoms with Crippen molar-refractivity contribution in [3.05, 3.63) is 29.3 Å². The number of thioether (sulfide) groups is 1. The van der Waals surface area contributed by atoms with Gasteiger partial charge in [-0.2, -0.15) is 0 Å². The van der Waals surface area contributed by atoms with Gasteiger partial charge in [-0.05, 0) is 43.0 Å². The predicted molar refractivity (Wildman–Crippen MR) is 62.8 cm³/mol. The first-order valence-corrected chi connectivity index (χ1v) is 6.16. The van der Waals surface area contributed by atoms with E-state index in [4.69, 9.17) is 5.73 Å². The Balaban J connectivity index is 2.21. The molecule has 0 fully saturated rings. The van der Waals surface area contributed by atoms with E-state index in [0.717, 1.165) is 24.6 Å². The molecule has 0 aliphatic carbocycles. The summed E-state index contributed by atoms with van der Waals surface area (Å²) in [5.74, 6) is 0. The van der Waals surface area contributed by atoms with Crippen molar-refractivity contribution in [3.8, 4) is 0 Å². The molecule has 0 radical (unpaired) electrons. The summed E-state index contributed by atoms with van der Waals surface area (Å²) >= 11 is 2.01. The van der Waals surface area contributed by atoms with Crippen LogP contribution in [0.3, 0.4) is 0 Å². The van der Waals surface area contributed by atoms with Crippen LogP contribution in [0.1, 0.15) is 24.5 Å². The molecule has 1 aliphatic rings. The number of nitrogens with two attached hydrogens (primary N) is 1. The van der Waals surface area contributed by atoms with Crippen molar-refractivity contribution in [1.29, 1.82) is 0 Å². The number of hydrogen-bond acceptors (Lipinski definition) is 2. The normalized spacial score (nSPS) is 19.7. The van der Waals surface area contributed by atoms with Crippen LogP contribution in [0.15, 0.2) is 23.1 Å². The van der Waals surface area contributed by atoms with Gasteiger partial charge in [0.05, 0.1) is 0 Å². The largest absolute Gasteiger partial charge is 0.330 e. The summed E-state index contributed by atoms with van der Waals surface area (Å²) in [4.78, 5) is 1.49. The highest BCUT2D eigenvalue weighted by molar-refractivity contribution is 8.00. The molecule has 1 aromatic carbocycles. The number of benzene rings is 1. The second kappa shape index (κ2) is 4.37. The highest BCUT2D eigenvalue weighted by atomic mass is 32.2. The van der Waals surface area contributed by atoms with Crippen LogP contribution in [0, 0.1) is 0 Å². The van der Waals surface area contributed by atoms with Crippen molar-refractivity contribution in [1.82, 2.24) is 0 Å². The molecule has 2 heteroatoms. The summed E-state index contributed by atoms with van der Waals surface area (Å²) in [6.45, 7) is 3.10. The molecule has 2 rings (SSSR count). The standard InChI is InChI=1S/C12H17NS/c1-9-8-11-10(5-3-7-13)4-2-6-12(11)14-9/h2,4,6,9H,3,5,7-8,13H2,1H3. The maximum Gasteiger partial charge on any atom is 0.0110 e. The molecule has 76 valence electrons. The van der Waals surface area contributed by atoms with E-state index in [1.54, 1.807) is 5.56 Å². The van der Waals surface area contributed by atoms with Crippen LogP contribution < -0.4 is 5.73 Å². The van der Waals surface area contributed by atoms with E-state index in [1.807, 2.05) is 11.8 Å². The smallest absolute Gasteiger partial charge is 0.0110 e. The van der Waals surface area contributed by atoms with Crippen LogP contribution in [0.4, 0.5) is 0 Å². The molecular weight excluding hydrogens is 190 g/mol. The molecule has 0 bridgehead atoms. The van der Waals surface area contributed by atoms with Crippen molar-refractivity contribution in [2.24, 2.45) is 5.73 Å². The number of rotatable bonds is 3. The summed E-state index contributed by atoms with van der Waals surface area (Å²) in [5, 5.41) is 0.754. The number of fused-ring (bicyclic) bond motifs is 1. The molecule has 0 spiro atoms. The molecular formula is C12H17NS. The molecule has 1 atom stereocenters. The van der Waals surface area contributed by atoms with E-state index >= 15 is 0 Å². The van der Waals surface area contributed by atoms with Crippen molar-refractivity contribution in [3.63, 3.8) is 0 Å². The Morgan fingerprint density at radius 3 is 3.14 bits per heavy atom. The molecule has 1 aromatic rings. The summed E-state index contributed by atoms with van der Waals surface area (Å²) in [7, 11) is 0. The van der Waals surface area contributed by atoms with Gasteiger partial charge in [-0.15, -0.1) is 11.8 Å². The van der Waals surface area contributed by atoms with Gasteiger partial charge < -0.3 is 5.73 Å². The summed E-state index contributed by atoms with van der Waals surface area (Å²) in [6, 6.07) is 6.68. The first kappa shape index (κ1) is 10.1. The maximum atomic E-state index is 5.54. The SMILES string of the molecule is CC1Cc2c(CCCN)cccc2S1. The maximum absolute atomic E-state index is 5.54. The Kier molecular flexibility index (Phi) is 3.14. The van der Waals surface area contributed by atoms with Crippen LogP contribution >= 0.6 is 11.8 Å². The fraction of sp³-hybridized carbons (Fsp3) is 0.500. The molecule has 0 aromatic heterocycles. The summed E-state index contributed by atoms with van der Waals surface area (Å²) in [6.07, 6.45) is 3.49. The third-order valence-electron chi connectivity index (χ3n) is 2.70. The van der Waals surface area contributed by atoms with Crippen molar-refractivity contribution < 1.29 is 0 Å². The lowest BCUT2D eigenvalue weighted by atomic mass is 10.00. The Morgan fingerprint density at radius 1 is 1.50 bits per heavy atom. The minimum atomic E-state index is 0.754. The van der Waals surface area contributed by atoms with E-state index < -0.39 is 0 Å². The highest BCUT2D eigenvalue weighted by Gasteiger charge is 2.20. The van der Waals surface area contributed by atoms with Crippen LogP contribution in [0.25, 0.3) is 0 Å². The summed E-state index contributed by atoms with van der Waals surface area (Å²) in [5.41, 5.74) is 8.64. The van der Waals surface area contributed by atoms with Gasteiger partial charge in [0.25, 0.3) is 0 Å². The molecule has 1 aliphatic heterocycles. The molecule has 1 unspecified atom stereocenters. The Hall–Kier alpha value is -0.470. The van der Waals surface area contributed by atoms with Gasteiger partial charge in [0.2, 0.25) is 0 Å². The molecule has 14 heavy (non-hydrogen) atoms. The quantitative estimate of drug-likeness (QED) is 0.824. The van der Waals surface area contributed by atoms with E-state index in [0.29, 0.717) is 0 Å². The van der Waals surface area contributed by atoms with Gasteiger partial charge in [0.15, 0.2) is 0 Å². The molecule has 0 saturated heterocycles. The Labute approximate surface area is 90.1 Å². The second-order valence-electron chi connectivity index (χ2n) is 3.92. The topological polar surface area (TPSA) is 26.0 Å². The molecule has 1 nitrogen and oxygen atoms in total. The third-order valence-corrected chi connectivity index (χ3v) is 3.91. The zero-order valence-corrected chi connectivity index (χ0v) is 9.44. The minimum Gasteiger partial charge on any atom is -0.330 e.